The molecule has 1 aliphatic heterocycles. The van der Waals surface area contributed by atoms with Crippen LogP contribution in [0.4, 0.5) is 5.13 Å². The number of ether oxygens (including phenoxy) is 1. The number of nitrogens with one attached hydrogen (secondary N) is 1. The summed E-state index contributed by atoms with van der Waals surface area (Å²) in [5, 5.41) is 3.56. The summed E-state index contributed by atoms with van der Waals surface area (Å²) in [6, 6.07) is 6.87. The highest BCUT2D eigenvalue weighted by atomic mass is 32.1. The van der Waals surface area contributed by atoms with Crippen LogP contribution in [0.3, 0.4) is 0 Å². The molecule has 2 heterocycles. The standard InChI is InChI=1S/C22H27N3O3S/c1-13-14(2)29-22(23-13)24-20(26)18-12-15-8-4-6-10-17(15)25(18)21(27)16-9-5-7-11-19(16)28-3/h5,7,9,11,15,17-18H,4,6,8,10,12H2,1-3H3,(H,23,24,26). The molecule has 7 heteroatoms. The van der Waals surface area contributed by atoms with E-state index in [0.29, 0.717) is 28.8 Å². The van der Waals surface area contributed by atoms with Crippen molar-refractivity contribution in [2.24, 2.45) is 5.92 Å². The highest BCUT2D eigenvalue weighted by Crippen LogP contribution is 2.41. The number of benzene rings is 1. The summed E-state index contributed by atoms with van der Waals surface area (Å²) in [4.78, 5) is 34.1. The van der Waals surface area contributed by atoms with Crippen molar-refractivity contribution < 1.29 is 14.3 Å². The quantitative estimate of drug-likeness (QED) is 0.816. The number of likely N-dealkylation sites (tertiary alicyclic amines) is 1. The zero-order valence-corrected chi connectivity index (χ0v) is 17.9. The Hall–Kier alpha value is -2.41. The minimum absolute atomic E-state index is 0.108. The average molecular weight is 414 g/mol. The number of nitrogens with zero attached hydrogens (tertiary/aromatic N) is 2. The van der Waals surface area contributed by atoms with Gasteiger partial charge in [-0.1, -0.05) is 25.0 Å². The highest BCUT2D eigenvalue weighted by molar-refractivity contribution is 7.15. The van der Waals surface area contributed by atoms with Crippen LogP contribution in [0.25, 0.3) is 0 Å². The van der Waals surface area contributed by atoms with Crippen molar-refractivity contribution in [2.75, 3.05) is 12.4 Å². The molecule has 1 N–H and O–H groups in total. The van der Waals surface area contributed by atoms with Gasteiger partial charge < -0.3 is 15.0 Å². The lowest BCUT2D eigenvalue weighted by molar-refractivity contribution is -0.120. The third-order valence-corrected chi connectivity index (χ3v) is 7.21. The number of anilines is 1. The molecular weight excluding hydrogens is 386 g/mol. The van der Waals surface area contributed by atoms with Crippen LogP contribution >= 0.6 is 11.3 Å². The van der Waals surface area contributed by atoms with Gasteiger partial charge in [-0.3, -0.25) is 9.59 Å². The van der Waals surface area contributed by atoms with Crippen LogP contribution in [0.1, 0.15) is 53.0 Å². The van der Waals surface area contributed by atoms with Crippen LogP contribution in [-0.4, -0.2) is 40.9 Å². The molecule has 0 bridgehead atoms. The number of aromatic nitrogens is 1. The van der Waals surface area contributed by atoms with Crippen molar-refractivity contribution >= 4 is 28.3 Å². The Balaban J connectivity index is 1.63. The van der Waals surface area contributed by atoms with Crippen molar-refractivity contribution in [3.8, 4) is 5.75 Å². The van der Waals surface area contributed by atoms with E-state index in [1.807, 2.05) is 30.9 Å². The molecule has 3 unspecified atom stereocenters. The molecule has 3 atom stereocenters. The van der Waals surface area contributed by atoms with Gasteiger partial charge in [0.05, 0.1) is 18.4 Å². The summed E-state index contributed by atoms with van der Waals surface area (Å²) in [6.45, 7) is 3.92. The maximum atomic E-state index is 13.6. The maximum Gasteiger partial charge on any atom is 0.258 e. The maximum absolute atomic E-state index is 13.6. The minimum atomic E-state index is -0.481. The number of aryl methyl sites for hydroxylation is 2. The Kier molecular flexibility index (Phi) is 5.58. The van der Waals surface area contributed by atoms with Crippen molar-refractivity contribution in [2.45, 2.75) is 58.0 Å². The number of carbonyl (C=O) groups is 2. The summed E-state index contributed by atoms with van der Waals surface area (Å²) in [7, 11) is 1.57. The molecule has 4 rings (SSSR count). The van der Waals surface area contributed by atoms with E-state index in [9.17, 15) is 9.59 Å². The second kappa shape index (κ2) is 8.14. The van der Waals surface area contributed by atoms with Crippen LogP contribution in [0.15, 0.2) is 24.3 Å². The molecule has 29 heavy (non-hydrogen) atoms. The van der Waals surface area contributed by atoms with Gasteiger partial charge in [-0.2, -0.15) is 0 Å². The number of para-hydroxylation sites is 1. The Morgan fingerprint density at radius 2 is 1.97 bits per heavy atom. The van der Waals surface area contributed by atoms with Gasteiger partial charge in [0.15, 0.2) is 5.13 Å². The molecule has 2 amide bonds. The van der Waals surface area contributed by atoms with Gasteiger partial charge in [0, 0.05) is 10.9 Å². The fraction of sp³-hybridized carbons (Fsp3) is 0.500. The van der Waals surface area contributed by atoms with E-state index in [0.717, 1.165) is 36.3 Å². The second-order valence-corrected chi connectivity index (χ2v) is 9.13. The zero-order valence-electron chi connectivity index (χ0n) is 17.1. The number of carbonyl (C=O) groups excluding carboxylic acids is 2. The van der Waals surface area contributed by atoms with E-state index < -0.39 is 6.04 Å². The van der Waals surface area contributed by atoms with Gasteiger partial charge in [-0.05, 0) is 51.2 Å². The van der Waals surface area contributed by atoms with Crippen LogP contribution in [0.5, 0.6) is 5.75 Å². The molecule has 1 saturated carbocycles. The van der Waals surface area contributed by atoms with Crippen LogP contribution in [-0.2, 0) is 4.79 Å². The Bertz CT molecular complexity index is 906. The predicted molar refractivity (Wildman–Crippen MR) is 114 cm³/mol. The van der Waals surface area contributed by atoms with Gasteiger partial charge in [-0.15, -0.1) is 11.3 Å². The predicted octanol–water partition coefficient (Wildman–Crippen LogP) is 4.18. The van der Waals surface area contributed by atoms with Gasteiger partial charge >= 0.3 is 0 Å². The molecular formula is C22H27N3O3S. The van der Waals surface area contributed by atoms with Crippen LogP contribution < -0.4 is 10.1 Å². The molecule has 2 aliphatic rings. The topological polar surface area (TPSA) is 71.5 Å². The van der Waals surface area contributed by atoms with Crippen molar-refractivity contribution in [1.82, 2.24) is 9.88 Å². The van der Waals surface area contributed by atoms with E-state index >= 15 is 0 Å². The average Bonchev–Trinajstić information content (AvgIpc) is 3.27. The molecule has 1 aromatic heterocycles. The van der Waals surface area contributed by atoms with Gasteiger partial charge in [0.2, 0.25) is 5.91 Å². The molecule has 1 aliphatic carbocycles. The van der Waals surface area contributed by atoms with E-state index in [1.54, 1.807) is 19.2 Å². The van der Waals surface area contributed by atoms with Gasteiger partial charge in [0.25, 0.3) is 5.91 Å². The summed E-state index contributed by atoms with van der Waals surface area (Å²) in [6.07, 6.45) is 4.98. The first-order valence-electron chi connectivity index (χ1n) is 10.2. The van der Waals surface area contributed by atoms with Crippen LogP contribution in [0.2, 0.25) is 0 Å². The highest BCUT2D eigenvalue weighted by Gasteiger charge is 2.48. The zero-order chi connectivity index (χ0) is 20.5. The van der Waals surface area contributed by atoms with Crippen molar-refractivity contribution in [1.29, 1.82) is 0 Å². The fourth-order valence-electron chi connectivity index (χ4n) is 4.66. The number of amides is 2. The third-order valence-electron chi connectivity index (χ3n) is 6.22. The SMILES string of the molecule is COc1ccccc1C(=O)N1C(C(=O)Nc2nc(C)c(C)s2)CC2CCCCC21. The normalized spacial score (nSPS) is 23.6. The molecule has 1 aromatic carbocycles. The first kappa shape index (κ1) is 19.9. The van der Waals surface area contributed by atoms with Gasteiger partial charge in [0.1, 0.15) is 11.8 Å². The number of fused-ring (bicyclic) bond motifs is 1. The fourth-order valence-corrected chi connectivity index (χ4v) is 5.48. The molecule has 6 nitrogen and oxygen atoms in total. The lowest BCUT2D eigenvalue weighted by atomic mass is 9.84. The molecule has 154 valence electrons. The van der Waals surface area contributed by atoms with E-state index in [1.165, 1.54) is 11.3 Å². The number of thiazole rings is 1. The Labute approximate surface area is 175 Å². The molecule has 0 spiro atoms. The minimum Gasteiger partial charge on any atom is -0.496 e. The summed E-state index contributed by atoms with van der Waals surface area (Å²) >= 11 is 1.47. The molecule has 1 saturated heterocycles. The third kappa shape index (κ3) is 3.75. The number of hydrogen-bond donors (Lipinski definition) is 1. The summed E-state index contributed by atoms with van der Waals surface area (Å²) in [5.74, 6) is 0.653. The molecule has 2 fully saturated rings. The monoisotopic (exact) mass is 413 g/mol. The van der Waals surface area contributed by atoms with Crippen molar-refractivity contribution in [3.63, 3.8) is 0 Å². The smallest absolute Gasteiger partial charge is 0.258 e. The Morgan fingerprint density at radius 3 is 2.69 bits per heavy atom. The molecule has 0 radical (unpaired) electrons. The Morgan fingerprint density at radius 1 is 1.21 bits per heavy atom. The first-order chi connectivity index (χ1) is 14.0. The lowest BCUT2D eigenvalue weighted by Gasteiger charge is -2.33. The van der Waals surface area contributed by atoms with Gasteiger partial charge in [-0.25, -0.2) is 4.98 Å². The second-order valence-electron chi connectivity index (χ2n) is 7.93. The largest absolute Gasteiger partial charge is 0.496 e. The van der Waals surface area contributed by atoms with Crippen molar-refractivity contribution in [3.05, 3.63) is 40.4 Å². The first-order valence-corrected chi connectivity index (χ1v) is 11.0. The number of rotatable bonds is 4. The number of hydrogen-bond acceptors (Lipinski definition) is 5. The lowest BCUT2D eigenvalue weighted by Crippen LogP contribution is -2.47. The summed E-state index contributed by atoms with van der Waals surface area (Å²) in [5.41, 5.74) is 1.44. The number of methoxy groups -OCH3 is 1. The van der Waals surface area contributed by atoms with E-state index in [-0.39, 0.29) is 17.9 Å². The van der Waals surface area contributed by atoms with E-state index in [2.05, 4.69) is 10.3 Å². The van der Waals surface area contributed by atoms with Crippen LogP contribution in [0, 0.1) is 19.8 Å². The van der Waals surface area contributed by atoms with E-state index in [4.69, 9.17) is 4.74 Å². The molecule has 2 aromatic rings. The summed E-state index contributed by atoms with van der Waals surface area (Å²) < 4.78 is 5.41.